The molecule has 1 aromatic carbocycles. The van der Waals surface area contributed by atoms with Gasteiger partial charge in [-0.15, -0.1) is 0 Å². The number of rotatable bonds is 4. The van der Waals surface area contributed by atoms with Gasteiger partial charge in [0.2, 0.25) is 5.03 Å². The molecular formula is C11H11Cl2N3O3S. The maximum absolute atomic E-state index is 12.2. The summed E-state index contributed by atoms with van der Waals surface area (Å²) in [7, 11) is -3.94. The quantitative estimate of drug-likeness (QED) is 0.798. The Morgan fingerprint density at radius 2 is 1.90 bits per heavy atom. The van der Waals surface area contributed by atoms with E-state index in [0.717, 1.165) is 0 Å². The second kappa shape index (κ2) is 5.61. The van der Waals surface area contributed by atoms with E-state index in [1.54, 1.807) is 6.92 Å². The van der Waals surface area contributed by atoms with Crippen molar-refractivity contribution in [3.63, 3.8) is 0 Å². The van der Waals surface area contributed by atoms with E-state index < -0.39 is 16.6 Å². The molecule has 0 amide bonds. The standard InChI is InChI=1S/C11H11Cl2N3O3S/c1-6-10(5-17)11(15-14-6)20(18,19)16-9-3-7(12)2-8(13)4-9/h2-4,16-17H,5H2,1H3,(H,14,15). The molecule has 2 aromatic rings. The summed E-state index contributed by atoms with van der Waals surface area (Å²) < 4.78 is 26.8. The first-order valence-electron chi connectivity index (χ1n) is 5.47. The third-order valence-electron chi connectivity index (χ3n) is 2.56. The zero-order valence-corrected chi connectivity index (χ0v) is 12.6. The van der Waals surface area contributed by atoms with Gasteiger partial charge in [-0.2, -0.15) is 13.5 Å². The van der Waals surface area contributed by atoms with Crippen molar-refractivity contribution in [1.29, 1.82) is 0 Å². The lowest BCUT2D eigenvalue weighted by Gasteiger charge is -2.08. The number of sulfonamides is 1. The molecule has 0 bridgehead atoms. The number of aryl methyl sites for hydroxylation is 1. The molecule has 0 saturated heterocycles. The Morgan fingerprint density at radius 3 is 2.45 bits per heavy atom. The van der Waals surface area contributed by atoms with E-state index in [0.29, 0.717) is 15.7 Å². The number of aliphatic hydroxyl groups excluding tert-OH is 1. The van der Waals surface area contributed by atoms with Crippen molar-refractivity contribution in [3.8, 4) is 0 Å². The summed E-state index contributed by atoms with van der Waals surface area (Å²) in [5.74, 6) is 0. The normalized spacial score (nSPS) is 11.6. The van der Waals surface area contributed by atoms with Crippen LogP contribution in [0.3, 0.4) is 0 Å². The molecule has 0 atom stereocenters. The lowest BCUT2D eigenvalue weighted by molar-refractivity contribution is 0.277. The van der Waals surface area contributed by atoms with Gasteiger partial charge in [0, 0.05) is 21.3 Å². The summed E-state index contributed by atoms with van der Waals surface area (Å²) >= 11 is 11.6. The largest absolute Gasteiger partial charge is 0.392 e. The van der Waals surface area contributed by atoms with Crippen molar-refractivity contribution in [2.75, 3.05) is 4.72 Å². The predicted molar refractivity (Wildman–Crippen MR) is 76.5 cm³/mol. The van der Waals surface area contributed by atoms with Crippen molar-refractivity contribution >= 4 is 38.9 Å². The van der Waals surface area contributed by atoms with Gasteiger partial charge in [-0.3, -0.25) is 9.82 Å². The van der Waals surface area contributed by atoms with Gasteiger partial charge in [-0.05, 0) is 25.1 Å². The lowest BCUT2D eigenvalue weighted by atomic mass is 10.3. The Hall–Kier alpha value is -1.28. The van der Waals surface area contributed by atoms with Crippen LogP contribution >= 0.6 is 23.2 Å². The topological polar surface area (TPSA) is 95.1 Å². The molecule has 1 heterocycles. The van der Waals surface area contributed by atoms with Crippen LogP contribution in [0, 0.1) is 6.92 Å². The molecule has 2 rings (SSSR count). The smallest absolute Gasteiger partial charge is 0.281 e. The van der Waals surface area contributed by atoms with Crippen LogP contribution in [0.5, 0.6) is 0 Å². The monoisotopic (exact) mass is 335 g/mol. The Kier molecular flexibility index (Phi) is 4.24. The minimum Gasteiger partial charge on any atom is -0.392 e. The SMILES string of the molecule is Cc1[nH]nc(S(=O)(=O)Nc2cc(Cl)cc(Cl)c2)c1CO. The van der Waals surface area contributed by atoms with Crippen LogP contribution in [0.25, 0.3) is 0 Å². The maximum Gasteiger partial charge on any atom is 0.281 e. The van der Waals surface area contributed by atoms with Crippen molar-refractivity contribution in [2.45, 2.75) is 18.6 Å². The van der Waals surface area contributed by atoms with Crippen molar-refractivity contribution in [1.82, 2.24) is 10.2 Å². The molecule has 3 N–H and O–H groups in total. The number of anilines is 1. The highest BCUT2D eigenvalue weighted by Gasteiger charge is 2.23. The summed E-state index contributed by atoms with van der Waals surface area (Å²) in [5, 5.41) is 15.8. The van der Waals surface area contributed by atoms with E-state index >= 15 is 0 Å². The van der Waals surface area contributed by atoms with Gasteiger partial charge in [0.25, 0.3) is 10.0 Å². The fourth-order valence-electron chi connectivity index (χ4n) is 1.65. The fourth-order valence-corrected chi connectivity index (χ4v) is 3.41. The van der Waals surface area contributed by atoms with Gasteiger partial charge in [0.15, 0.2) is 0 Å². The van der Waals surface area contributed by atoms with Crippen LogP contribution in [0.15, 0.2) is 23.2 Å². The molecule has 6 nitrogen and oxygen atoms in total. The Balaban J connectivity index is 2.40. The molecule has 0 spiro atoms. The van der Waals surface area contributed by atoms with Crippen molar-refractivity contribution < 1.29 is 13.5 Å². The molecule has 20 heavy (non-hydrogen) atoms. The van der Waals surface area contributed by atoms with E-state index in [1.807, 2.05) is 0 Å². The number of hydrogen-bond acceptors (Lipinski definition) is 4. The van der Waals surface area contributed by atoms with Gasteiger partial charge in [0.1, 0.15) is 0 Å². The molecular weight excluding hydrogens is 325 g/mol. The van der Waals surface area contributed by atoms with Gasteiger partial charge < -0.3 is 5.11 Å². The van der Waals surface area contributed by atoms with Crippen LogP contribution in [0.4, 0.5) is 5.69 Å². The van der Waals surface area contributed by atoms with E-state index in [-0.39, 0.29) is 16.3 Å². The minimum absolute atomic E-state index is 0.214. The predicted octanol–water partition coefficient (Wildman–Crippen LogP) is 2.32. The second-order valence-electron chi connectivity index (χ2n) is 4.05. The zero-order chi connectivity index (χ0) is 14.9. The van der Waals surface area contributed by atoms with Gasteiger partial charge in [-0.25, -0.2) is 0 Å². The molecule has 0 aliphatic heterocycles. The van der Waals surface area contributed by atoms with Crippen LogP contribution in [-0.4, -0.2) is 23.7 Å². The number of nitrogens with zero attached hydrogens (tertiary/aromatic N) is 1. The third-order valence-corrected chi connectivity index (χ3v) is 4.35. The molecule has 0 aliphatic rings. The van der Waals surface area contributed by atoms with Crippen LogP contribution < -0.4 is 4.72 Å². The third kappa shape index (κ3) is 3.06. The number of halogens is 2. The number of hydrogen-bond donors (Lipinski definition) is 3. The molecule has 0 aliphatic carbocycles. The summed E-state index contributed by atoms with van der Waals surface area (Å²) in [4.78, 5) is 0. The fraction of sp³-hybridized carbons (Fsp3) is 0.182. The number of H-pyrrole nitrogens is 1. The van der Waals surface area contributed by atoms with Crippen LogP contribution in [-0.2, 0) is 16.6 Å². The number of nitrogens with one attached hydrogen (secondary N) is 2. The highest BCUT2D eigenvalue weighted by Crippen LogP contribution is 2.25. The van der Waals surface area contributed by atoms with Gasteiger partial charge in [-0.1, -0.05) is 23.2 Å². The molecule has 0 radical (unpaired) electrons. The first-order valence-corrected chi connectivity index (χ1v) is 7.71. The minimum atomic E-state index is -3.94. The summed E-state index contributed by atoms with van der Waals surface area (Å²) in [6.45, 7) is 1.18. The molecule has 0 fully saturated rings. The molecule has 9 heteroatoms. The zero-order valence-electron chi connectivity index (χ0n) is 10.3. The van der Waals surface area contributed by atoms with Crippen molar-refractivity contribution in [3.05, 3.63) is 39.5 Å². The van der Waals surface area contributed by atoms with E-state index in [4.69, 9.17) is 23.2 Å². The van der Waals surface area contributed by atoms with E-state index in [1.165, 1.54) is 18.2 Å². The van der Waals surface area contributed by atoms with E-state index in [9.17, 15) is 13.5 Å². The van der Waals surface area contributed by atoms with Crippen LogP contribution in [0.1, 0.15) is 11.3 Å². The summed E-state index contributed by atoms with van der Waals surface area (Å²) in [6, 6.07) is 4.32. The Morgan fingerprint density at radius 1 is 1.30 bits per heavy atom. The average Bonchev–Trinajstić information content (AvgIpc) is 2.68. The number of aliphatic hydroxyl groups is 1. The summed E-state index contributed by atoms with van der Waals surface area (Å²) in [6.07, 6.45) is 0. The van der Waals surface area contributed by atoms with E-state index in [2.05, 4.69) is 14.9 Å². The second-order valence-corrected chi connectivity index (χ2v) is 6.52. The first-order chi connectivity index (χ1) is 9.33. The van der Waals surface area contributed by atoms with Gasteiger partial charge >= 0.3 is 0 Å². The molecule has 0 saturated carbocycles. The first kappa shape index (κ1) is 15.1. The maximum atomic E-state index is 12.2. The Bertz CT molecular complexity index is 723. The average molecular weight is 336 g/mol. The molecule has 108 valence electrons. The number of aromatic amines is 1. The highest BCUT2D eigenvalue weighted by molar-refractivity contribution is 7.92. The lowest BCUT2D eigenvalue weighted by Crippen LogP contribution is -2.15. The van der Waals surface area contributed by atoms with Crippen molar-refractivity contribution in [2.24, 2.45) is 0 Å². The number of aromatic nitrogens is 2. The van der Waals surface area contributed by atoms with Crippen LogP contribution in [0.2, 0.25) is 10.0 Å². The molecule has 1 aromatic heterocycles. The highest BCUT2D eigenvalue weighted by atomic mass is 35.5. The molecule has 0 unspecified atom stereocenters. The van der Waals surface area contributed by atoms with Gasteiger partial charge in [0.05, 0.1) is 12.3 Å². The summed E-state index contributed by atoms with van der Waals surface area (Å²) in [5.41, 5.74) is 0.912. The Labute approximate surface area is 125 Å². The number of benzene rings is 1.